The minimum atomic E-state index is -0.0592. The second-order valence-corrected chi connectivity index (χ2v) is 6.91. The lowest BCUT2D eigenvalue weighted by atomic mass is 10.1. The normalized spacial score (nSPS) is 18.1. The minimum Gasteiger partial charge on any atom is -0.355 e. The molecule has 2 N–H and O–H groups in total. The standard InChI is InChI=1S/C17H34N4O2/c1-14(2)19-16(15(3)22)7-5-6-8-18-17(23)13-21-11-9-20(4)10-12-21/h14,16,19H,5-13H2,1-4H3,(H,18,23). The van der Waals surface area contributed by atoms with E-state index >= 15 is 0 Å². The van der Waals surface area contributed by atoms with Gasteiger partial charge in [-0.05, 0) is 33.2 Å². The van der Waals surface area contributed by atoms with Crippen LogP contribution >= 0.6 is 0 Å². The number of ketones is 1. The van der Waals surface area contributed by atoms with Gasteiger partial charge < -0.3 is 15.5 Å². The first-order chi connectivity index (χ1) is 10.9. The number of piperazine rings is 1. The molecule has 1 unspecified atom stereocenters. The van der Waals surface area contributed by atoms with Crippen molar-refractivity contribution in [3.63, 3.8) is 0 Å². The molecule has 1 fully saturated rings. The Morgan fingerprint density at radius 2 is 1.74 bits per heavy atom. The number of rotatable bonds is 10. The molecule has 0 aliphatic carbocycles. The molecule has 0 radical (unpaired) electrons. The summed E-state index contributed by atoms with van der Waals surface area (Å²) in [7, 11) is 2.11. The fourth-order valence-corrected chi connectivity index (χ4v) is 2.77. The monoisotopic (exact) mass is 326 g/mol. The number of carbonyl (C=O) groups is 2. The van der Waals surface area contributed by atoms with Crippen molar-refractivity contribution in [2.24, 2.45) is 0 Å². The van der Waals surface area contributed by atoms with Crippen LogP contribution in [-0.2, 0) is 9.59 Å². The molecule has 0 aromatic rings. The fourth-order valence-electron chi connectivity index (χ4n) is 2.77. The SMILES string of the molecule is CC(=O)C(CCCCNC(=O)CN1CCN(C)CC1)NC(C)C. The van der Waals surface area contributed by atoms with E-state index in [9.17, 15) is 9.59 Å². The van der Waals surface area contributed by atoms with Gasteiger partial charge in [0.05, 0.1) is 12.6 Å². The van der Waals surface area contributed by atoms with Gasteiger partial charge in [-0.15, -0.1) is 0 Å². The fraction of sp³-hybridized carbons (Fsp3) is 0.882. The topological polar surface area (TPSA) is 64.7 Å². The molecule has 1 aliphatic heterocycles. The average Bonchev–Trinajstić information content (AvgIpc) is 2.47. The maximum absolute atomic E-state index is 11.9. The molecule has 0 spiro atoms. The Labute approximate surface area is 141 Å². The van der Waals surface area contributed by atoms with Crippen molar-refractivity contribution in [1.29, 1.82) is 0 Å². The van der Waals surface area contributed by atoms with Gasteiger partial charge in [-0.1, -0.05) is 13.8 Å². The summed E-state index contributed by atoms with van der Waals surface area (Å²) >= 11 is 0. The van der Waals surface area contributed by atoms with Gasteiger partial charge in [0.2, 0.25) is 5.91 Å². The molecule has 23 heavy (non-hydrogen) atoms. The Balaban J connectivity index is 2.09. The quantitative estimate of drug-likeness (QED) is 0.572. The Hall–Kier alpha value is -0.980. The average molecular weight is 326 g/mol. The molecule has 1 heterocycles. The van der Waals surface area contributed by atoms with Crippen molar-refractivity contribution in [3.8, 4) is 0 Å². The summed E-state index contributed by atoms with van der Waals surface area (Å²) in [6.45, 7) is 10.9. The van der Waals surface area contributed by atoms with E-state index in [0.717, 1.165) is 45.4 Å². The van der Waals surface area contributed by atoms with Crippen molar-refractivity contribution in [1.82, 2.24) is 20.4 Å². The molecule has 6 heteroatoms. The number of Topliss-reactive ketones (excluding diaryl/α,β-unsaturated/α-hetero) is 1. The Morgan fingerprint density at radius 3 is 2.30 bits per heavy atom. The Bertz CT molecular complexity index is 366. The smallest absolute Gasteiger partial charge is 0.234 e. The molecule has 0 saturated carbocycles. The summed E-state index contributed by atoms with van der Waals surface area (Å²) in [5.74, 6) is 0.302. The van der Waals surface area contributed by atoms with Gasteiger partial charge in [0, 0.05) is 38.8 Å². The number of carbonyl (C=O) groups excluding carboxylic acids is 2. The highest BCUT2D eigenvalue weighted by atomic mass is 16.2. The molecule has 0 aromatic carbocycles. The summed E-state index contributed by atoms with van der Waals surface area (Å²) < 4.78 is 0. The van der Waals surface area contributed by atoms with Gasteiger partial charge >= 0.3 is 0 Å². The highest BCUT2D eigenvalue weighted by Gasteiger charge is 2.16. The van der Waals surface area contributed by atoms with Crippen LogP contribution in [0.4, 0.5) is 0 Å². The number of hydrogen-bond donors (Lipinski definition) is 2. The van der Waals surface area contributed by atoms with Crippen molar-refractivity contribution in [3.05, 3.63) is 0 Å². The van der Waals surface area contributed by atoms with E-state index < -0.39 is 0 Å². The number of amides is 1. The third-order valence-corrected chi connectivity index (χ3v) is 4.23. The molecule has 1 rings (SSSR count). The van der Waals surface area contributed by atoms with Crippen molar-refractivity contribution >= 4 is 11.7 Å². The van der Waals surface area contributed by atoms with E-state index in [1.165, 1.54) is 0 Å². The zero-order chi connectivity index (χ0) is 17.2. The van der Waals surface area contributed by atoms with Gasteiger partial charge in [0.15, 0.2) is 0 Å². The Morgan fingerprint density at radius 1 is 1.09 bits per heavy atom. The second-order valence-electron chi connectivity index (χ2n) is 6.91. The zero-order valence-corrected chi connectivity index (χ0v) is 15.2. The Kier molecular flexibility index (Phi) is 9.36. The summed E-state index contributed by atoms with van der Waals surface area (Å²) in [5.41, 5.74) is 0. The van der Waals surface area contributed by atoms with Crippen LogP contribution < -0.4 is 10.6 Å². The highest BCUT2D eigenvalue weighted by Crippen LogP contribution is 2.03. The predicted molar refractivity (Wildman–Crippen MR) is 93.5 cm³/mol. The van der Waals surface area contributed by atoms with Gasteiger partial charge in [-0.25, -0.2) is 0 Å². The van der Waals surface area contributed by atoms with Gasteiger partial charge in [-0.2, -0.15) is 0 Å². The summed E-state index contributed by atoms with van der Waals surface area (Å²) in [4.78, 5) is 28.0. The largest absolute Gasteiger partial charge is 0.355 e. The molecule has 134 valence electrons. The van der Waals surface area contributed by atoms with E-state index in [-0.39, 0.29) is 17.7 Å². The van der Waals surface area contributed by atoms with Crippen LogP contribution in [0.15, 0.2) is 0 Å². The first kappa shape index (κ1) is 20.1. The van der Waals surface area contributed by atoms with Crippen LogP contribution in [-0.4, -0.2) is 79.9 Å². The van der Waals surface area contributed by atoms with Crippen LogP contribution in [0.3, 0.4) is 0 Å². The number of nitrogens with one attached hydrogen (secondary N) is 2. The van der Waals surface area contributed by atoms with E-state index in [1.807, 2.05) is 0 Å². The molecule has 0 aromatic heterocycles. The molecule has 6 nitrogen and oxygen atoms in total. The van der Waals surface area contributed by atoms with Crippen molar-refractivity contribution < 1.29 is 9.59 Å². The third kappa shape index (κ3) is 9.03. The van der Waals surface area contributed by atoms with Crippen molar-refractivity contribution in [2.75, 3.05) is 46.3 Å². The minimum absolute atomic E-state index is 0.0592. The van der Waals surface area contributed by atoms with Crippen LogP contribution in [0.5, 0.6) is 0 Å². The zero-order valence-electron chi connectivity index (χ0n) is 15.2. The first-order valence-corrected chi connectivity index (χ1v) is 8.82. The molecule has 1 amide bonds. The van der Waals surface area contributed by atoms with Crippen LogP contribution in [0, 0.1) is 0 Å². The van der Waals surface area contributed by atoms with E-state index in [4.69, 9.17) is 0 Å². The van der Waals surface area contributed by atoms with E-state index in [0.29, 0.717) is 19.1 Å². The number of likely N-dealkylation sites (N-methyl/N-ethyl adjacent to an activating group) is 1. The van der Waals surface area contributed by atoms with Crippen LogP contribution in [0.25, 0.3) is 0 Å². The number of unbranched alkanes of at least 4 members (excludes halogenated alkanes) is 1. The molecule has 1 atom stereocenters. The lowest BCUT2D eigenvalue weighted by molar-refractivity contribution is -0.122. The highest BCUT2D eigenvalue weighted by molar-refractivity contribution is 5.81. The van der Waals surface area contributed by atoms with E-state index in [1.54, 1.807) is 6.92 Å². The summed E-state index contributed by atoms with van der Waals surface area (Å²) in [6.07, 6.45) is 2.69. The molecular weight excluding hydrogens is 292 g/mol. The van der Waals surface area contributed by atoms with Gasteiger partial charge in [0.1, 0.15) is 5.78 Å². The number of nitrogens with zero attached hydrogens (tertiary/aromatic N) is 2. The molecular formula is C17H34N4O2. The first-order valence-electron chi connectivity index (χ1n) is 8.82. The maximum Gasteiger partial charge on any atom is 0.234 e. The van der Waals surface area contributed by atoms with Gasteiger partial charge in [-0.3, -0.25) is 14.5 Å². The van der Waals surface area contributed by atoms with Crippen LogP contribution in [0.2, 0.25) is 0 Å². The third-order valence-electron chi connectivity index (χ3n) is 4.23. The van der Waals surface area contributed by atoms with E-state index in [2.05, 4.69) is 41.3 Å². The summed E-state index contributed by atoms with van der Waals surface area (Å²) in [5, 5.41) is 6.27. The maximum atomic E-state index is 11.9. The lowest BCUT2D eigenvalue weighted by Gasteiger charge is -2.31. The second kappa shape index (κ2) is 10.7. The molecule has 1 saturated heterocycles. The molecule has 1 aliphatic rings. The lowest BCUT2D eigenvalue weighted by Crippen LogP contribution is -2.48. The molecule has 0 bridgehead atoms. The van der Waals surface area contributed by atoms with Crippen LogP contribution in [0.1, 0.15) is 40.0 Å². The summed E-state index contributed by atoms with van der Waals surface area (Å²) in [6, 6.07) is 0.253. The number of hydrogen-bond acceptors (Lipinski definition) is 5. The predicted octanol–water partition coefficient (Wildman–Crippen LogP) is 0.476. The van der Waals surface area contributed by atoms with Gasteiger partial charge in [0.25, 0.3) is 0 Å². The van der Waals surface area contributed by atoms with Crippen molar-refractivity contribution in [2.45, 2.75) is 52.1 Å².